The van der Waals surface area contributed by atoms with Gasteiger partial charge in [0.2, 0.25) is 11.8 Å². The molecule has 2 aromatic rings. The highest BCUT2D eigenvalue weighted by Crippen LogP contribution is 2.18. The topological polar surface area (TPSA) is 76.0 Å². The second-order valence-electron chi connectivity index (χ2n) is 5.42. The number of hydrogen-bond acceptors (Lipinski definition) is 3. The van der Waals surface area contributed by atoms with Crippen molar-refractivity contribution in [3.63, 3.8) is 0 Å². The van der Waals surface area contributed by atoms with Gasteiger partial charge in [0, 0.05) is 12.2 Å². The van der Waals surface area contributed by atoms with E-state index in [0.29, 0.717) is 6.04 Å². The van der Waals surface area contributed by atoms with Crippen molar-refractivity contribution >= 4 is 11.8 Å². The third kappa shape index (κ3) is 3.94. The molecule has 0 radical (unpaired) electrons. The Morgan fingerprint density at radius 2 is 1.95 bits per heavy atom. The second-order valence-corrected chi connectivity index (χ2v) is 5.42. The van der Waals surface area contributed by atoms with Crippen LogP contribution in [0.5, 0.6) is 0 Å². The molecule has 1 aromatic heterocycles. The van der Waals surface area contributed by atoms with Crippen LogP contribution in [-0.2, 0) is 16.0 Å². The number of aromatic nitrogens is 2. The Balaban J connectivity index is 1.49. The van der Waals surface area contributed by atoms with E-state index in [1.165, 1.54) is 0 Å². The Labute approximate surface area is 128 Å². The minimum absolute atomic E-state index is 0.0299. The van der Waals surface area contributed by atoms with Crippen molar-refractivity contribution in [1.29, 1.82) is 0 Å². The van der Waals surface area contributed by atoms with E-state index in [9.17, 15) is 9.59 Å². The molecule has 6 nitrogen and oxygen atoms in total. The van der Waals surface area contributed by atoms with Crippen molar-refractivity contribution in [2.24, 2.45) is 0 Å². The maximum absolute atomic E-state index is 11.8. The van der Waals surface area contributed by atoms with Crippen molar-refractivity contribution in [3.8, 4) is 5.69 Å². The number of para-hydroxylation sites is 1. The predicted octanol–water partition coefficient (Wildman–Crippen LogP) is 0.810. The first-order chi connectivity index (χ1) is 10.7. The van der Waals surface area contributed by atoms with Gasteiger partial charge >= 0.3 is 0 Å². The SMILES string of the molecule is O=C(Cc1cnn(-c2ccccc2)c1)NCC(=O)NC1CC1. The van der Waals surface area contributed by atoms with E-state index in [4.69, 9.17) is 0 Å². The van der Waals surface area contributed by atoms with Crippen molar-refractivity contribution in [3.05, 3.63) is 48.3 Å². The van der Waals surface area contributed by atoms with Gasteiger partial charge in [-0.1, -0.05) is 18.2 Å². The van der Waals surface area contributed by atoms with E-state index < -0.39 is 0 Å². The summed E-state index contributed by atoms with van der Waals surface area (Å²) >= 11 is 0. The van der Waals surface area contributed by atoms with E-state index in [0.717, 1.165) is 24.1 Å². The van der Waals surface area contributed by atoms with Crippen molar-refractivity contribution in [2.75, 3.05) is 6.54 Å². The Bertz CT molecular complexity index is 662. The molecule has 2 N–H and O–H groups in total. The van der Waals surface area contributed by atoms with Gasteiger partial charge in [-0.2, -0.15) is 5.10 Å². The van der Waals surface area contributed by atoms with Gasteiger partial charge in [0.15, 0.2) is 0 Å². The first kappa shape index (κ1) is 14.3. The van der Waals surface area contributed by atoms with E-state index in [1.54, 1.807) is 10.9 Å². The van der Waals surface area contributed by atoms with Gasteiger partial charge in [-0.25, -0.2) is 4.68 Å². The molecule has 0 atom stereocenters. The summed E-state index contributed by atoms with van der Waals surface area (Å²) in [4.78, 5) is 23.3. The Hall–Kier alpha value is -2.63. The number of carbonyl (C=O) groups excluding carboxylic acids is 2. The van der Waals surface area contributed by atoms with Gasteiger partial charge in [0.1, 0.15) is 0 Å². The van der Waals surface area contributed by atoms with Gasteiger partial charge in [0.05, 0.1) is 24.8 Å². The lowest BCUT2D eigenvalue weighted by Crippen LogP contribution is -2.38. The van der Waals surface area contributed by atoms with Gasteiger partial charge in [-0.05, 0) is 30.5 Å². The first-order valence-electron chi connectivity index (χ1n) is 7.36. The molecule has 0 saturated heterocycles. The molecule has 6 heteroatoms. The number of amides is 2. The molecule has 2 amide bonds. The summed E-state index contributed by atoms with van der Waals surface area (Å²) in [6.45, 7) is 0.0299. The monoisotopic (exact) mass is 298 g/mol. The molecule has 1 saturated carbocycles. The van der Waals surface area contributed by atoms with E-state index >= 15 is 0 Å². The summed E-state index contributed by atoms with van der Waals surface area (Å²) in [5.41, 5.74) is 1.75. The highest BCUT2D eigenvalue weighted by molar-refractivity contribution is 5.85. The van der Waals surface area contributed by atoms with Gasteiger partial charge in [-0.3, -0.25) is 9.59 Å². The molecule has 22 heavy (non-hydrogen) atoms. The van der Waals surface area contributed by atoms with Gasteiger partial charge in [-0.15, -0.1) is 0 Å². The average Bonchev–Trinajstić information content (AvgIpc) is 3.22. The second kappa shape index (κ2) is 6.43. The maximum Gasteiger partial charge on any atom is 0.239 e. The molecule has 1 aliphatic carbocycles. The lowest BCUT2D eigenvalue weighted by Gasteiger charge is -2.05. The van der Waals surface area contributed by atoms with Crippen LogP contribution in [0.15, 0.2) is 42.7 Å². The van der Waals surface area contributed by atoms with Crippen molar-refractivity contribution in [1.82, 2.24) is 20.4 Å². The zero-order valence-electron chi connectivity index (χ0n) is 12.2. The smallest absolute Gasteiger partial charge is 0.239 e. The average molecular weight is 298 g/mol. The zero-order chi connectivity index (χ0) is 15.4. The maximum atomic E-state index is 11.8. The molecule has 1 aliphatic rings. The fourth-order valence-electron chi connectivity index (χ4n) is 2.11. The number of hydrogen-bond donors (Lipinski definition) is 2. The van der Waals surface area contributed by atoms with Gasteiger partial charge < -0.3 is 10.6 Å². The Morgan fingerprint density at radius 3 is 2.68 bits per heavy atom. The van der Waals surface area contributed by atoms with E-state index in [2.05, 4.69) is 15.7 Å². The number of benzene rings is 1. The highest BCUT2D eigenvalue weighted by atomic mass is 16.2. The summed E-state index contributed by atoms with van der Waals surface area (Å²) in [5.74, 6) is -0.311. The number of rotatable bonds is 6. The lowest BCUT2D eigenvalue weighted by atomic mass is 10.2. The van der Waals surface area contributed by atoms with Crippen molar-refractivity contribution < 1.29 is 9.59 Å². The van der Waals surface area contributed by atoms with Crippen LogP contribution < -0.4 is 10.6 Å². The minimum atomic E-state index is -0.182. The third-order valence-electron chi connectivity index (χ3n) is 3.41. The summed E-state index contributed by atoms with van der Waals surface area (Å²) in [5, 5.41) is 9.69. The predicted molar refractivity (Wildman–Crippen MR) is 81.4 cm³/mol. The van der Waals surface area contributed by atoms with Crippen LogP contribution in [0.4, 0.5) is 0 Å². The minimum Gasteiger partial charge on any atom is -0.352 e. The largest absolute Gasteiger partial charge is 0.352 e. The van der Waals surface area contributed by atoms with Crippen LogP contribution >= 0.6 is 0 Å². The lowest BCUT2D eigenvalue weighted by molar-refractivity contribution is -0.125. The van der Waals surface area contributed by atoms with Gasteiger partial charge in [0.25, 0.3) is 0 Å². The summed E-state index contributed by atoms with van der Waals surface area (Å²) < 4.78 is 1.72. The quantitative estimate of drug-likeness (QED) is 0.828. The Kier molecular flexibility index (Phi) is 4.18. The van der Waals surface area contributed by atoms with E-state index in [-0.39, 0.29) is 24.8 Å². The molecule has 1 fully saturated rings. The molecule has 1 heterocycles. The molecule has 0 aliphatic heterocycles. The van der Waals surface area contributed by atoms with Crippen LogP contribution in [0.2, 0.25) is 0 Å². The molecular weight excluding hydrogens is 280 g/mol. The zero-order valence-corrected chi connectivity index (χ0v) is 12.2. The number of carbonyl (C=O) groups is 2. The molecule has 114 valence electrons. The summed E-state index contributed by atoms with van der Waals surface area (Å²) in [7, 11) is 0. The fourth-order valence-corrected chi connectivity index (χ4v) is 2.11. The number of nitrogens with zero attached hydrogens (tertiary/aromatic N) is 2. The summed E-state index contributed by atoms with van der Waals surface area (Å²) in [6.07, 6.45) is 5.77. The molecular formula is C16H18N4O2. The van der Waals surface area contributed by atoms with Crippen LogP contribution in [0.25, 0.3) is 5.69 Å². The highest BCUT2D eigenvalue weighted by Gasteiger charge is 2.23. The van der Waals surface area contributed by atoms with Crippen LogP contribution in [-0.4, -0.2) is 34.2 Å². The Morgan fingerprint density at radius 1 is 1.18 bits per heavy atom. The standard InChI is InChI=1S/C16H18N4O2/c21-15(17-10-16(22)19-13-6-7-13)8-12-9-18-20(11-12)14-4-2-1-3-5-14/h1-5,9,11,13H,6-8,10H2,(H,17,21)(H,19,22). The molecule has 0 unspecified atom stereocenters. The normalized spacial score (nSPS) is 13.6. The summed E-state index contributed by atoms with van der Waals surface area (Å²) in [6, 6.07) is 10.0. The van der Waals surface area contributed by atoms with Crippen molar-refractivity contribution in [2.45, 2.75) is 25.3 Å². The van der Waals surface area contributed by atoms with Crippen LogP contribution in [0, 0.1) is 0 Å². The molecule has 3 rings (SSSR count). The van der Waals surface area contributed by atoms with Crippen LogP contribution in [0.1, 0.15) is 18.4 Å². The first-order valence-corrected chi connectivity index (χ1v) is 7.36. The third-order valence-corrected chi connectivity index (χ3v) is 3.41. The molecule has 0 bridgehead atoms. The molecule has 1 aromatic carbocycles. The van der Waals surface area contributed by atoms with Crippen LogP contribution in [0.3, 0.4) is 0 Å². The fraction of sp³-hybridized carbons (Fsp3) is 0.312. The van der Waals surface area contributed by atoms with E-state index in [1.807, 2.05) is 36.5 Å². The number of nitrogens with one attached hydrogen (secondary N) is 2. The molecule has 0 spiro atoms.